The third-order valence-corrected chi connectivity index (χ3v) is 8.75. The number of halogens is 1. The third-order valence-electron chi connectivity index (χ3n) is 7.15. The van der Waals surface area contributed by atoms with Gasteiger partial charge in [0.15, 0.2) is 16.3 Å². The summed E-state index contributed by atoms with van der Waals surface area (Å²) < 4.78 is 20.1. The Morgan fingerprint density at radius 2 is 1.82 bits per heavy atom. The van der Waals surface area contributed by atoms with E-state index < -0.39 is 0 Å². The number of thiazole rings is 1. The maximum atomic E-state index is 14.0. The van der Waals surface area contributed by atoms with E-state index in [1.807, 2.05) is 54.0 Å². The molecule has 0 bridgehead atoms. The summed E-state index contributed by atoms with van der Waals surface area (Å²) in [6.07, 6.45) is 3.65. The van der Waals surface area contributed by atoms with Crippen LogP contribution in [0, 0.1) is 0 Å². The van der Waals surface area contributed by atoms with Crippen LogP contribution in [0.3, 0.4) is 0 Å². The van der Waals surface area contributed by atoms with E-state index in [9.17, 15) is 4.79 Å². The highest BCUT2D eigenvalue weighted by Crippen LogP contribution is 2.42. The lowest BCUT2D eigenvalue weighted by Crippen LogP contribution is -2.38. The molecule has 1 aromatic heterocycles. The van der Waals surface area contributed by atoms with E-state index in [2.05, 4.69) is 40.2 Å². The number of hydrogen-bond donors (Lipinski definition) is 0. The number of aryl methyl sites for hydroxylation is 1. The summed E-state index contributed by atoms with van der Waals surface area (Å²) in [6.45, 7) is 2.54. The molecule has 0 N–H and O–H groups in total. The first-order valence-electron chi connectivity index (χ1n) is 12.8. The molecular weight excluding hydrogens is 576 g/mol. The van der Waals surface area contributed by atoms with E-state index in [-0.39, 0.29) is 11.6 Å². The van der Waals surface area contributed by atoms with Crippen molar-refractivity contribution in [3.63, 3.8) is 0 Å². The molecule has 6 nitrogen and oxygen atoms in total. The minimum atomic E-state index is -0.293. The van der Waals surface area contributed by atoms with Gasteiger partial charge in [0.1, 0.15) is 5.75 Å². The van der Waals surface area contributed by atoms with Crippen molar-refractivity contribution < 1.29 is 14.2 Å². The normalized spacial score (nSPS) is 16.2. The van der Waals surface area contributed by atoms with Crippen LogP contribution in [-0.4, -0.2) is 25.4 Å². The smallest absolute Gasteiger partial charge is 0.271 e. The zero-order valence-corrected chi connectivity index (χ0v) is 24.3. The Balaban J connectivity index is 1.57. The van der Waals surface area contributed by atoms with Crippen LogP contribution >= 0.6 is 27.3 Å². The van der Waals surface area contributed by atoms with Crippen molar-refractivity contribution in [3.05, 3.63) is 113 Å². The van der Waals surface area contributed by atoms with Gasteiger partial charge in [-0.15, -0.1) is 0 Å². The van der Waals surface area contributed by atoms with Gasteiger partial charge in [-0.05, 0) is 88.3 Å². The van der Waals surface area contributed by atoms with Crippen LogP contribution < -0.4 is 29.1 Å². The highest BCUT2D eigenvalue weighted by atomic mass is 79.9. The van der Waals surface area contributed by atoms with Gasteiger partial charge in [-0.2, -0.15) is 0 Å². The summed E-state index contributed by atoms with van der Waals surface area (Å²) in [7, 11) is 3.25. The van der Waals surface area contributed by atoms with Crippen molar-refractivity contribution in [2.24, 2.45) is 4.99 Å². The second-order valence-electron chi connectivity index (χ2n) is 9.35. The van der Waals surface area contributed by atoms with Gasteiger partial charge in [0.25, 0.3) is 5.56 Å². The minimum Gasteiger partial charge on any atom is -0.493 e. The molecule has 0 amide bonds. The van der Waals surface area contributed by atoms with Crippen LogP contribution in [-0.2, 0) is 6.42 Å². The molecule has 2 aliphatic rings. The summed E-state index contributed by atoms with van der Waals surface area (Å²) in [5.41, 5.74) is 6.34. The van der Waals surface area contributed by atoms with Crippen LogP contribution in [0.25, 0.3) is 11.8 Å². The Kier molecular flexibility index (Phi) is 6.91. The first-order valence-corrected chi connectivity index (χ1v) is 14.4. The molecule has 198 valence electrons. The summed E-state index contributed by atoms with van der Waals surface area (Å²) >= 11 is 5.00. The highest BCUT2D eigenvalue weighted by Gasteiger charge is 2.33. The van der Waals surface area contributed by atoms with Crippen LogP contribution in [0.1, 0.15) is 41.6 Å². The second kappa shape index (κ2) is 10.5. The number of aromatic nitrogens is 1. The van der Waals surface area contributed by atoms with Crippen LogP contribution in [0.15, 0.2) is 80.5 Å². The van der Waals surface area contributed by atoms with Crippen molar-refractivity contribution >= 4 is 39.0 Å². The fourth-order valence-corrected chi connectivity index (χ4v) is 6.89. The maximum absolute atomic E-state index is 14.0. The molecule has 1 aliphatic carbocycles. The molecule has 3 aromatic carbocycles. The third kappa shape index (κ3) is 4.51. The number of hydrogen-bond acceptors (Lipinski definition) is 6. The molecule has 1 atom stereocenters. The first kappa shape index (κ1) is 25.6. The number of methoxy groups -OCH3 is 2. The van der Waals surface area contributed by atoms with E-state index >= 15 is 0 Å². The average molecular weight is 604 g/mol. The molecular formula is C31H27BrN2O4S. The molecule has 4 aromatic rings. The number of ether oxygens (including phenoxy) is 3. The predicted octanol–water partition coefficient (Wildman–Crippen LogP) is 5.50. The predicted molar refractivity (Wildman–Crippen MR) is 158 cm³/mol. The van der Waals surface area contributed by atoms with E-state index in [0.717, 1.165) is 51.0 Å². The molecule has 0 unspecified atom stereocenters. The Morgan fingerprint density at radius 1 is 1.03 bits per heavy atom. The highest BCUT2D eigenvalue weighted by molar-refractivity contribution is 9.10. The van der Waals surface area contributed by atoms with Crippen LogP contribution in [0.5, 0.6) is 17.2 Å². The van der Waals surface area contributed by atoms with Gasteiger partial charge in [-0.25, -0.2) is 4.99 Å². The standard InChI is InChI=1S/C31H27BrN2O4S/c1-4-38-24-13-9-18(15-23(24)32)16-27-30(35)34-29(20-11-14-25(36-2)26(17-20)37-3)22-12-10-19-7-5-6-8-21(19)28(22)33-31(34)39-27/h5-9,11,13-17,29H,4,10,12H2,1-3H3/b27-16+/t29-/m1/s1. The van der Waals surface area contributed by atoms with E-state index in [4.69, 9.17) is 19.2 Å². The molecule has 39 heavy (non-hydrogen) atoms. The molecule has 0 fully saturated rings. The first-order chi connectivity index (χ1) is 19.0. The van der Waals surface area contributed by atoms with Crippen LogP contribution in [0.4, 0.5) is 0 Å². The van der Waals surface area contributed by atoms with Crippen LogP contribution in [0.2, 0.25) is 0 Å². The fraction of sp³-hybridized carbons (Fsp3) is 0.226. The van der Waals surface area contributed by atoms with E-state index in [1.54, 1.807) is 14.2 Å². The summed E-state index contributed by atoms with van der Waals surface area (Å²) in [5.74, 6) is 2.06. The van der Waals surface area contributed by atoms with Gasteiger partial charge in [-0.3, -0.25) is 9.36 Å². The molecule has 0 saturated heterocycles. The second-order valence-corrected chi connectivity index (χ2v) is 11.2. The van der Waals surface area contributed by atoms with Gasteiger partial charge in [0.05, 0.1) is 41.6 Å². The molecule has 8 heteroatoms. The molecule has 0 spiro atoms. The lowest BCUT2D eigenvalue weighted by Gasteiger charge is -2.31. The Labute approximate surface area is 238 Å². The van der Waals surface area contributed by atoms with Crippen molar-refractivity contribution in [1.82, 2.24) is 4.57 Å². The lowest BCUT2D eigenvalue weighted by atomic mass is 9.83. The number of benzene rings is 3. The summed E-state index contributed by atoms with van der Waals surface area (Å²) in [6, 6.07) is 19.9. The van der Waals surface area contributed by atoms with Gasteiger partial charge in [0.2, 0.25) is 0 Å². The quantitative estimate of drug-likeness (QED) is 0.292. The molecule has 1 aliphatic heterocycles. The van der Waals surface area contributed by atoms with Gasteiger partial charge in [-0.1, -0.05) is 47.7 Å². The number of rotatable bonds is 6. The van der Waals surface area contributed by atoms with Gasteiger partial charge in [0, 0.05) is 5.56 Å². The van der Waals surface area contributed by atoms with Crippen molar-refractivity contribution in [1.29, 1.82) is 0 Å². The Morgan fingerprint density at radius 3 is 2.59 bits per heavy atom. The van der Waals surface area contributed by atoms with E-state index in [0.29, 0.717) is 27.4 Å². The van der Waals surface area contributed by atoms with Gasteiger partial charge < -0.3 is 14.2 Å². The van der Waals surface area contributed by atoms with Gasteiger partial charge >= 0.3 is 0 Å². The monoisotopic (exact) mass is 602 g/mol. The molecule has 6 rings (SSSR count). The molecule has 0 radical (unpaired) electrons. The van der Waals surface area contributed by atoms with E-state index in [1.165, 1.54) is 16.9 Å². The van der Waals surface area contributed by atoms with Crippen molar-refractivity contribution in [3.8, 4) is 17.2 Å². The molecule has 2 heterocycles. The number of allylic oxidation sites excluding steroid dienone is 1. The zero-order chi connectivity index (χ0) is 27.1. The lowest BCUT2D eigenvalue weighted by molar-refractivity contribution is 0.338. The number of nitrogens with zero attached hydrogens (tertiary/aromatic N) is 2. The van der Waals surface area contributed by atoms with Crippen molar-refractivity contribution in [2.75, 3.05) is 20.8 Å². The minimum absolute atomic E-state index is 0.0612. The zero-order valence-electron chi connectivity index (χ0n) is 21.9. The topological polar surface area (TPSA) is 62.0 Å². The molecule has 0 saturated carbocycles. The fourth-order valence-electron chi connectivity index (χ4n) is 5.38. The largest absolute Gasteiger partial charge is 0.493 e. The maximum Gasteiger partial charge on any atom is 0.271 e. The SMILES string of the molecule is CCOc1ccc(/C=c2/sc3n(c2=O)[C@H](c2ccc(OC)c(OC)c2)C2=C(N=3)c3ccccc3CC2)cc1Br. The summed E-state index contributed by atoms with van der Waals surface area (Å²) in [5, 5.41) is 0. The average Bonchev–Trinajstić information content (AvgIpc) is 3.27. The summed E-state index contributed by atoms with van der Waals surface area (Å²) in [4.78, 5) is 19.8. The Hall–Kier alpha value is -3.62. The van der Waals surface area contributed by atoms with Crippen molar-refractivity contribution in [2.45, 2.75) is 25.8 Å². The number of fused-ring (bicyclic) bond motifs is 3. The Bertz CT molecular complexity index is 1800.